The summed E-state index contributed by atoms with van der Waals surface area (Å²) >= 11 is 0. The van der Waals surface area contributed by atoms with E-state index in [0.29, 0.717) is 17.9 Å². The third kappa shape index (κ3) is 3.76. The van der Waals surface area contributed by atoms with E-state index in [4.69, 9.17) is 0 Å². The van der Waals surface area contributed by atoms with Crippen LogP contribution in [0.3, 0.4) is 0 Å². The van der Waals surface area contributed by atoms with Crippen molar-refractivity contribution in [3.05, 3.63) is 77.9 Å². The number of anilines is 1. The molecule has 0 saturated heterocycles. The summed E-state index contributed by atoms with van der Waals surface area (Å²) in [6.45, 7) is 2.24. The van der Waals surface area contributed by atoms with Gasteiger partial charge in [0.15, 0.2) is 0 Å². The molecule has 0 atom stereocenters. The molecule has 0 amide bonds. The van der Waals surface area contributed by atoms with E-state index in [1.165, 1.54) is 6.33 Å². The minimum absolute atomic E-state index is 0.412. The van der Waals surface area contributed by atoms with Crippen molar-refractivity contribution < 1.29 is 13.2 Å². The second kappa shape index (κ2) is 6.39. The highest BCUT2D eigenvalue weighted by molar-refractivity contribution is 5.55. The minimum Gasteiger partial charge on any atom is -0.381 e. The number of hydrogen-bond acceptors (Lipinski definition) is 2. The molecule has 3 nitrogen and oxygen atoms in total. The van der Waals surface area contributed by atoms with Crippen LogP contribution in [-0.2, 0) is 12.7 Å². The highest BCUT2D eigenvalue weighted by Crippen LogP contribution is 2.33. The van der Waals surface area contributed by atoms with Crippen LogP contribution >= 0.6 is 0 Å². The van der Waals surface area contributed by atoms with Crippen molar-refractivity contribution in [3.63, 3.8) is 0 Å². The Kier molecular flexibility index (Phi) is 4.29. The van der Waals surface area contributed by atoms with Crippen molar-refractivity contribution >= 4 is 5.69 Å². The Morgan fingerprint density at radius 2 is 1.83 bits per heavy atom. The Labute approximate surface area is 137 Å². The molecule has 3 rings (SSSR count). The largest absolute Gasteiger partial charge is 0.416 e. The lowest BCUT2D eigenvalue weighted by molar-refractivity contribution is -0.137. The molecule has 0 aliphatic heterocycles. The quantitative estimate of drug-likeness (QED) is 0.743. The predicted molar refractivity (Wildman–Crippen MR) is 87.1 cm³/mol. The van der Waals surface area contributed by atoms with Gasteiger partial charge in [0.2, 0.25) is 0 Å². The van der Waals surface area contributed by atoms with E-state index in [9.17, 15) is 13.2 Å². The number of aryl methyl sites for hydroxylation is 1. The molecule has 124 valence electrons. The molecule has 24 heavy (non-hydrogen) atoms. The number of halogens is 3. The molecule has 1 heterocycles. The summed E-state index contributed by atoms with van der Waals surface area (Å²) in [4.78, 5) is 4.07. The van der Waals surface area contributed by atoms with Gasteiger partial charge in [-0.05, 0) is 30.7 Å². The Morgan fingerprint density at radius 1 is 1.08 bits per heavy atom. The molecule has 1 N–H and O–H groups in total. The summed E-state index contributed by atoms with van der Waals surface area (Å²) in [5.74, 6) is 0. The molecule has 0 unspecified atom stereocenters. The van der Waals surface area contributed by atoms with Gasteiger partial charge in [0, 0.05) is 24.1 Å². The molecule has 1 aromatic heterocycles. The molecule has 0 saturated carbocycles. The van der Waals surface area contributed by atoms with Crippen LogP contribution in [0.15, 0.2) is 61.1 Å². The zero-order valence-electron chi connectivity index (χ0n) is 13.0. The van der Waals surface area contributed by atoms with E-state index in [1.54, 1.807) is 23.8 Å². The predicted octanol–water partition coefficient (Wildman–Crippen LogP) is 4.81. The number of alkyl halides is 3. The lowest BCUT2D eigenvalue weighted by Gasteiger charge is -2.14. The summed E-state index contributed by atoms with van der Waals surface area (Å²) in [6, 6.07) is 13.4. The van der Waals surface area contributed by atoms with Crippen molar-refractivity contribution in [1.82, 2.24) is 9.55 Å². The maximum absolute atomic E-state index is 13.2. The number of rotatable bonds is 4. The lowest BCUT2D eigenvalue weighted by Crippen LogP contribution is -2.08. The summed E-state index contributed by atoms with van der Waals surface area (Å²) < 4.78 is 41.1. The molecule has 0 fully saturated rings. The molecule has 0 radical (unpaired) electrons. The number of hydrogen-bond donors (Lipinski definition) is 1. The standard InChI is InChI=1S/C18H16F3N3/c1-13-11-24(12-23-13)17-8-15(18(19,20)21)7-16(9-17)22-10-14-5-3-2-4-6-14/h2-9,11-12,22H,10H2,1H3. The number of nitrogens with one attached hydrogen (secondary N) is 1. The summed E-state index contributed by atoms with van der Waals surface area (Å²) in [5.41, 5.74) is 1.87. The van der Waals surface area contributed by atoms with E-state index in [1.807, 2.05) is 30.3 Å². The minimum atomic E-state index is -4.41. The summed E-state index contributed by atoms with van der Waals surface area (Å²) in [5, 5.41) is 3.06. The van der Waals surface area contributed by atoms with Gasteiger partial charge in [0.1, 0.15) is 0 Å². The van der Waals surface area contributed by atoms with E-state index >= 15 is 0 Å². The number of aromatic nitrogens is 2. The fraction of sp³-hybridized carbons (Fsp3) is 0.167. The second-order valence-electron chi connectivity index (χ2n) is 5.53. The zero-order chi connectivity index (χ0) is 17.2. The average Bonchev–Trinajstić information content (AvgIpc) is 2.99. The fourth-order valence-corrected chi connectivity index (χ4v) is 2.39. The van der Waals surface area contributed by atoms with Crippen molar-refractivity contribution in [2.45, 2.75) is 19.6 Å². The molecule has 0 spiro atoms. The molecule has 0 aliphatic carbocycles. The molecule has 3 aromatic rings. The Morgan fingerprint density at radius 3 is 2.46 bits per heavy atom. The third-order valence-electron chi connectivity index (χ3n) is 3.59. The van der Waals surface area contributed by atoms with Gasteiger partial charge in [0.05, 0.1) is 17.6 Å². The smallest absolute Gasteiger partial charge is 0.381 e. The first-order valence-corrected chi connectivity index (χ1v) is 7.43. The molecule has 0 aliphatic rings. The number of nitrogens with zero attached hydrogens (tertiary/aromatic N) is 2. The summed E-state index contributed by atoms with van der Waals surface area (Å²) in [6.07, 6.45) is -1.21. The van der Waals surface area contributed by atoms with Crippen molar-refractivity contribution in [1.29, 1.82) is 0 Å². The summed E-state index contributed by atoms with van der Waals surface area (Å²) in [7, 11) is 0. The van der Waals surface area contributed by atoms with Crippen LogP contribution in [0.1, 0.15) is 16.8 Å². The SMILES string of the molecule is Cc1cn(-c2cc(NCc3ccccc3)cc(C(F)(F)F)c2)cn1. The third-order valence-corrected chi connectivity index (χ3v) is 3.59. The Bertz CT molecular complexity index is 823. The Balaban J connectivity index is 1.93. The monoisotopic (exact) mass is 331 g/mol. The van der Waals surface area contributed by atoms with E-state index in [2.05, 4.69) is 10.3 Å². The average molecular weight is 331 g/mol. The zero-order valence-corrected chi connectivity index (χ0v) is 13.0. The maximum atomic E-state index is 13.2. The first-order valence-electron chi connectivity index (χ1n) is 7.43. The van der Waals surface area contributed by atoms with Gasteiger partial charge in [-0.25, -0.2) is 4.98 Å². The van der Waals surface area contributed by atoms with Crippen LogP contribution in [0.5, 0.6) is 0 Å². The van der Waals surface area contributed by atoms with Gasteiger partial charge < -0.3 is 9.88 Å². The second-order valence-corrected chi connectivity index (χ2v) is 5.53. The molecular formula is C18H16F3N3. The molecule has 6 heteroatoms. The van der Waals surface area contributed by atoms with Crippen LogP contribution < -0.4 is 5.32 Å². The molecule has 0 bridgehead atoms. The van der Waals surface area contributed by atoms with Crippen LogP contribution in [0.2, 0.25) is 0 Å². The number of benzene rings is 2. The van der Waals surface area contributed by atoms with Crippen LogP contribution in [0, 0.1) is 6.92 Å². The highest BCUT2D eigenvalue weighted by Gasteiger charge is 2.31. The first kappa shape index (κ1) is 16.1. The number of imidazole rings is 1. The van der Waals surface area contributed by atoms with E-state index in [-0.39, 0.29) is 0 Å². The van der Waals surface area contributed by atoms with Crippen molar-refractivity contribution in [2.24, 2.45) is 0 Å². The van der Waals surface area contributed by atoms with Gasteiger partial charge in [-0.2, -0.15) is 13.2 Å². The van der Waals surface area contributed by atoms with Gasteiger partial charge >= 0.3 is 6.18 Å². The van der Waals surface area contributed by atoms with Crippen LogP contribution in [-0.4, -0.2) is 9.55 Å². The first-order chi connectivity index (χ1) is 11.4. The van der Waals surface area contributed by atoms with E-state index in [0.717, 1.165) is 23.4 Å². The lowest BCUT2D eigenvalue weighted by atomic mass is 10.1. The van der Waals surface area contributed by atoms with E-state index < -0.39 is 11.7 Å². The van der Waals surface area contributed by atoms with Gasteiger partial charge in [-0.15, -0.1) is 0 Å². The Hall–Kier alpha value is -2.76. The van der Waals surface area contributed by atoms with Crippen molar-refractivity contribution in [2.75, 3.05) is 5.32 Å². The maximum Gasteiger partial charge on any atom is 0.416 e. The van der Waals surface area contributed by atoms with Crippen LogP contribution in [0.25, 0.3) is 5.69 Å². The van der Waals surface area contributed by atoms with Crippen LogP contribution in [0.4, 0.5) is 18.9 Å². The van der Waals surface area contributed by atoms with Gasteiger partial charge in [-0.1, -0.05) is 30.3 Å². The van der Waals surface area contributed by atoms with Gasteiger partial charge in [-0.3, -0.25) is 0 Å². The molecular weight excluding hydrogens is 315 g/mol. The highest BCUT2D eigenvalue weighted by atomic mass is 19.4. The fourth-order valence-electron chi connectivity index (χ4n) is 2.39. The van der Waals surface area contributed by atoms with Gasteiger partial charge in [0.25, 0.3) is 0 Å². The van der Waals surface area contributed by atoms with Crippen molar-refractivity contribution in [3.8, 4) is 5.69 Å². The normalized spacial score (nSPS) is 11.5. The topological polar surface area (TPSA) is 29.9 Å². The molecule has 2 aromatic carbocycles.